The van der Waals surface area contributed by atoms with Crippen molar-refractivity contribution in [1.29, 1.82) is 0 Å². The zero-order chi connectivity index (χ0) is 20.5. The molecule has 7 nitrogen and oxygen atoms in total. The SMILES string of the molecule is C[C@@H](C(=O)OCc1cc(Cl)c2c(c1)OCCCO2)N1C(=O)c2ccccc2C1=O. The van der Waals surface area contributed by atoms with Crippen LogP contribution >= 0.6 is 11.6 Å². The molecule has 0 unspecified atom stereocenters. The molecule has 0 radical (unpaired) electrons. The fourth-order valence-electron chi connectivity index (χ4n) is 3.31. The predicted molar refractivity (Wildman–Crippen MR) is 103 cm³/mol. The second kappa shape index (κ2) is 7.75. The van der Waals surface area contributed by atoms with E-state index in [-0.39, 0.29) is 17.7 Å². The number of hydrogen-bond donors (Lipinski definition) is 0. The molecule has 0 bridgehead atoms. The summed E-state index contributed by atoms with van der Waals surface area (Å²) in [6.07, 6.45) is 0.743. The van der Waals surface area contributed by atoms with Crippen LogP contribution in [0.15, 0.2) is 36.4 Å². The normalized spacial score (nSPS) is 16.3. The van der Waals surface area contributed by atoms with Gasteiger partial charge in [-0.1, -0.05) is 23.7 Å². The number of esters is 1. The van der Waals surface area contributed by atoms with E-state index in [1.165, 1.54) is 6.92 Å². The minimum absolute atomic E-state index is 0.0807. The van der Waals surface area contributed by atoms with Crippen molar-refractivity contribution >= 4 is 29.4 Å². The molecule has 2 aromatic rings. The summed E-state index contributed by atoms with van der Waals surface area (Å²) >= 11 is 6.25. The van der Waals surface area contributed by atoms with Gasteiger partial charge in [-0.25, -0.2) is 4.79 Å². The van der Waals surface area contributed by atoms with Crippen molar-refractivity contribution in [3.05, 3.63) is 58.1 Å². The largest absolute Gasteiger partial charge is 0.489 e. The first-order valence-electron chi connectivity index (χ1n) is 9.19. The first-order chi connectivity index (χ1) is 14.0. The third kappa shape index (κ3) is 3.53. The van der Waals surface area contributed by atoms with Gasteiger partial charge < -0.3 is 14.2 Å². The Labute approximate surface area is 172 Å². The standard InChI is InChI=1S/C21H18ClNO6/c1-12(23-19(24)14-5-2-3-6-15(14)20(23)25)21(26)29-11-13-9-16(22)18-17(10-13)27-7-4-8-28-18/h2-3,5-6,9-10,12H,4,7-8,11H2,1H3/t12-/m0/s1. The van der Waals surface area contributed by atoms with E-state index in [1.54, 1.807) is 36.4 Å². The van der Waals surface area contributed by atoms with Crippen molar-refractivity contribution in [2.24, 2.45) is 0 Å². The number of rotatable bonds is 4. The van der Waals surface area contributed by atoms with Gasteiger partial charge in [-0.05, 0) is 36.8 Å². The average Bonchev–Trinajstić information content (AvgIpc) is 2.87. The Kier molecular flexibility index (Phi) is 5.15. The summed E-state index contributed by atoms with van der Waals surface area (Å²) < 4.78 is 16.5. The summed E-state index contributed by atoms with van der Waals surface area (Å²) in [6.45, 7) is 2.40. The zero-order valence-electron chi connectivity index (χ0n) is 15.6. The molecular formula is C21H18ClNO6. The molecule has 0 spiro atoms. The highest BCUT2D eigenvalue weighted by Crippen LogP contribution is 2.38. The van der Waals surface area contributed by atoms with Gasteiger partial charge in [0.15, 0.2) is 11.5 Å². The van der Waals surface area contributed by atoms with E-state index in [2.05, 4.69) is 0 Å². The van der Waals surface area contributed by atoms with Crippen LogP contribution in [0.3, 0.4) is 0 Å². The van der Waals surface area contributed by atoms with E-state index < -0.39 is 23.8 Å². The lowest BCUT2D eigenvalue weighted by atomic mass is 10.1. The maximum absolute atomic E-state index is 12.5. The van der Waals surface area contributed by atoms with Gasteiger partial charge in [0.05, 0.1) is 29.4 Å². The van der Waals surface area contributed by atoms with Gasteiger partial charge in [0.2, 0.25) is 0 Å². The smallest absolute Gasteiger partial charge is 0.329 e. The highest BCUT2D eigenvalue weighted by molar-refractivity contribution is 6.32. The summed E-state index contributed by atoms with van der Waals surface area (Å²) in [5.41, 5.74) is 1.18. The molecule has 0 aliphatic carbocycles. The van der Waals surface area contributed by atoms with E-state index in [0.29, 0.717) is 35.3 Å². The summed E-state index contributed by atoms with van der Waals surface area (Å²) in [7, 11) is 0. The van der Waals surface area contributed by atoms with Gasteiger partial charge in [-0.3, -0.25) is 14.5 Å². The third-order valence-corrected chi connectivity index (χ3v) is 5.08. The summed E-state index contributed by atoms with van der Waals surface area (Å²) in [6, 6.07) is 8.75. The number of benzene rings is 2. The Hall–Kier alpha value is -3.06. The van der Waals surface area contributed by atoms with E-state index in [4.69, 9.17) is 25.8 Å². The number of fused-ring (bicyclic) bond motifs is 2. The highest BCUT2D eigenvalue weighted by Gasteiger charge is 2.41. The fourth-order valence-corrected chi connectivity index (χ4v) is 3.60. The Morgan fingerprint density at radius 2 is 1.79 bits per heavy atom. The number of hydrogen-bond acceptors (Lipinski definition) is 6. The van der Waals surface area contributed by atoms with Crippen LogP contribution in [0.25, 0.3) is 0 Å². The molecule has 2 aliphatic heterocycles. The molecule has 0 fully saturated rings. The fraction of sp³-hybridized carbons (Fsp3) is 0.286. The monoisotopic (exact) mass is 415 g/mol. The molecule has 0 N–H and O–H groups in total. The maximum atomic E-state index is 12.5. The molecule has 2 aromatic carbocycles. The Morgan fingerprint density at radius 3 is 2.48 bits per heavy atom. The van der Waals surface area contributed by atoms with Gasteiger partial charge in [-0.15, -0.1) is 0 Å². The minimum Gasteiger partial charge on any atom is -0.489 e. The van der Waals surface area contributed by atoms with Crippen LogP contribution in [0.5, 0.6) is 11.5 Å². The van der Waals surface area contributed by atoms with Crippen molar-refractivity contribution in [3.8, 4) is 11.5 Å². The van der Waals surface area contributed by atoms with E-state index >= 15 is 0 Å². The van der Waals surface area contributed by atoms with Crippen molar-refractivity contribution in [1.82, 2.24) is 4.90 Å². The van der Waals surface area contributed by atoms with Crippen LogP contribution in [0.1, 0.15) is 39.6 Å². The van der Waals surface area contributed by atoms with Crippen LogP contribution in [0, 0.1) is 0 Å². The molecule has 0 aromatic heterocycles. The van der Waals surface area contributed by atoms with Crippen LogP contribution < -0.4 is 9.47 Å². The van der Waals surface area contributed by atoms with Crippen molar-refractivity contribution in [2.45, 2.75) is 26.0 Å². The first kappa shape index (κ1) is 19.3. The Morgan fingerprint density at radius 1 is 1.14 bits per heavy atom. The van der Waals surface area contributed by atoms with Crippen LogP contribution in [0.4, 0.5) is 0 Å². The van der Waals surface area contributed by atoms with Gasteiger partial charge in [0, 0.05) is 6.42 Å². The zero-order valence-corrected chi connectivity index (χ0v) is 16.4. The highest BCUT2D eigenvalue weighted by atomic mass is 35.5. The number of nitrogens with zero attached hydrogens (tertiary/aromatic N) is 1. The molecule has 2 aliphatic rings. The van der Waals surface area contributed by atoms with Gasteiger partial charge in [0.1, 0.15) is 12.6 Å². The Bertz CT molecular complexity index is 970. The number of carbonyl (C=O) groups excluding carboxylic acids is 3. The second-order valence-corrected chi connectivity index (χ2v) is 7.17. The molecular weight excluding hydrogens is 398 g/mol. The molecule has 4 rings (SSSR count). The minimum atomic E-state index is -1.06. The lowest BCUT2D eigenvalue weighted by Gasteiger charge is -2.21. The second-order valence-electron chi connectivity index (χ2n) is 6.76. The molecule has 150 valence electrons. The van der Waals surface area contributed by atoms with Crippen molar-refractivity contribution in [3.63, 3.8) is 0 Å². The van der Waals surface area contributed by atoms with Crippen LogP contribution in [-0.4, -0.2) is 41.9 Å². The van der Waals surface area contributed by atoms with Gasteiger partial charge >= 0.3 is 5.97 Å². The van der Waals surface area contributed by atoms with Crippen LogP contribution in [-0.2, 0) is 16.1 Å². The Balaban J connectivity index is 1.45. The molecule has 8 heteroatoms. The predicted octanol–water partition coefficient (Wildman–Crippen LogP) is 3.23. The molecule has 0 saturated carbocycles. The third-order valence-electron chi connectivity index (χ3n) is 4.80. The molecule has 0 saturated heterocycles. The lowest BCUT2D eigenvalue weighted by Crippen LogP contribution is -2.43. The molecule has 2 heterocycles. The summed E-state index contributed by atoms with van der Waals surface area (Å²) in [5, 5.41) is 0.365. The van der Waals surface area contributed by atoms with Gasteiger partial charge in [-0.2, -0.15) is 0 Å². The maximum Gasteiger partial charge on any atom is 0.329 e. The average molecular weight is 416 g/mol. The topological polar surface area (TPSA) is 82.1 Å². The van der Waals surface area contributed by atoms with Crippen molar-refractivity contribution < 1.29 is 28.6 Å². The quantitative estimate of drug-likeness (QED) is 0.563. The first-order valence-corrected chi connectivity index (χ1v) is 9.56. The van der Waals surface area contributed by atoms with Gasteiger partial charge in [0.25, 0.3) is 11.8 Å². The van der Waals surface area contributed by atoms with Crippen molar-refractivity contribution in [2.75, 3.05) is 13.2 Å². The van der Waals surface area contributed by atoms with E-state index in [1.807, 2.05) is 0 Å². The molecule has 1 atom stereocenters. The number of ether oxygens (including phenoxy) is 3. The summed E-state index contributed by atoms with van der Waals surface area (Å²) in [4.78, 5) is 38.5. The van der Waals surface area contributed by atoms with Crippen LogP contribution in [0.2, 0.25) is 5.02 Å². The number of amides is 2. The number of halogens is 1. The number of imide groups is 1. The number of carbonyl (C=O) groups is 3. The van der Waals surface area contributed by atoms with E-state index in [9.17, 15) is 14.4 Å². The molecule has 29 heavy (non-hydrogen) atoms. The summed E-state index contributed by atoms with van der Waals surface area (Å²) in [5.74, 6) is -0.738. The lowest BCUT2D eigenvalue weighted by molar-refractivity contribution is -0.149. The molecule has 2 amide bonds. The van der Waals surface area contributed by atoms with E-state index in [0.717, 1.165) is 11.3 Å².